The van der Waals surface area contributed by atoms with Crippen LogP contribution in [-0.4, -0.2) is 76.6 Å². The van der Waals surface area contributed by atoms with Crippen LogP contribution in [0.1, 0.15) is 52.9 Å². The molecule has 13 heteroatoms. The average molecular weight is 475 g/mol. The van der Waals surface area contributed by atoms with Gasteiger partial charge in [0.2, 0.25) is 23.6 Å². The molecule has 13 nitrogen and oxygen atoms in total. The van der Waals surface area contributed by atoms with Crippen molar-refractivity contribution < 1.29 is 34.2 Å². The van der Waals surface area contributed by atoms with Crippen LogP contribution in [-0.2, 0) is 24.0 Å². The summed E-state index contributed by atoms with van der Waals surface area (Å²) >= 11 is 0. The monoisotopic (exact) mass is 474 g/mol. The summed E-state index contributed by atoms with van der Waals surface area (Å²) in [6.07, 6.45) is -0.152. The molecule has 0 aliphatic rings. The van der Waals surface area contributed by atoms with Gasteiger partial charge in [0.25, 0.3) is 0 Å². The van der Waals surface area contributed by atoms with Crippen LogP contribution in [0, 0.1) is 5.92 Å². The van der Waals surface area contributed by atoms with E-state index in [9.17, 15) is 34.2 Å². The summed E-state index contributed by atoms with van der Waals surface area (Å²) in [6, 6.07) is -5.11. The molecule has 0 aromatic carbocycles. The first-order chi connectivity index (χ1) is 15.3. The van der Waals surface area contributed by atoms with E-state index >= 15 is 0 Å². The fraction of sp³-hybridized carbons (Fsp3) is 0.750. The van der Waals surface area contributed by atoms with E-state index in [0.717, 1.165) is 0 Å². The molecule has 0 saturated carbocycles. The van der Waals surface area contributed by atoms with Gasteiger partial charge < -0.3 is 43.4 Å². The molecule has 0 radical (unpaired) electrons. The Morgan fingerprint density at radius 1 is 0.909 bits per heavy atom. The van der Waals surface area contributed by atoms with Gasteiger partial charge in [0.15, 0.2) is 0 Å². The van der Waals surface area contributed by atoms with E-state index < -0.39 is 72.2 Å². The molecule has 0 spiro atoms. The molecule has 11 N–H and O–H groups in total. The van der Waals surface area contributed by atoms with Crippen LogP contribution >= 0.6 is 0 Å². The van der Waals surface area contributed by atoms with Gasteiger partial charge in [-0.1, -0.05) is 20.3 Å². The van der Waals surface area contributed by atoms with E-state index in [2.05, 4.69) is 16.0 Å². The standard InChI is InChI=1S/C20H38N6O7/c1-4-10(2)16(26-18(30)15(23)11(3)27)19(31)25-13(9-14(22)28)17(29)24-12(20(32)33)7-5-6-8-21/h10-13,15-16,27H,4-9,21,23H2,1-3H3,(H2,22,28)(H,24,29)(H,25,31)(H,26,30)(H,32,33). The molecule has 33 heavy (non-hydrogen) atoms. The Labute approximate surface area is 193 Å². The number of aliphatic carboxylic acids is 1. The molecule has 0 heterocycles. The van der Waals surface area contributed by atoms with Gasteiger partial charge in [-0.05, 0) is 38.6 Å². The molecule has 0 aliphatic heterocycles. The van der Waals surface area contributed by atoms with Gasteiger partial charge in [0, 0.05) is 0 Å². The molecule has 0 bridgehead atoms. The molecule has 0 aromatic heterocycles. The quantitative estimate of drug-likeness (QED) is 0.108. The zero-order valence-corrected chi connectivity index (χ0v) is 19.4. The summed E-state index contributed by atoms with van der Waals surface area (Å²) in [5.74, 6) is -5.03. The number of hydrogen-bond donors (Lipinski definition) is 8. The van der Waals surface area contributed by atoms with Crippen LogP contribution in [0.4, 0.5) is 0 Å². The van der Waals surface area contributed by atoms with Crippen molar-refractivity contribution in [3.05, 3.63) is 0 Å². The molecule has 6 atom stereocenters. The lowest BCUT2D eigenvalue weighted by Crippen LogP contribution is -2.60. The second-order valence-corrected chi connectivity index (χ2v) is 8.05. The molecular formula is C20H38N6O7. The van der Waals surface area contributed by atoms with E-state index in [4.69, 9.17) is 17.2 Å². The summed E-state index contributed by atoms with van der Waals surface area (Å²) in [7, 11) is 0. The first-order valence-corrected chi connectivity index (χ1v) is 10.9. The number of carbonyl (C=O) groups is 5. The third-order valence-electron chi connectivity index (χ3n) is 5.22. The number of carboxylic acids is 1. The van der Waals surface area contributed by atoms with Gasteiger partial charge in [-0.25, -0.2) is 4.79 Å². The first-order valence-electron chi connectivity index (χ1n) is 10.9. The Hall–Kier alpha value is -2.77. The highest BCUT2D eigenvalue weighted by molar-refractivity contribution is 5.96. The second-order valence-electron chi connectivity index (χ2n) is 8.05. The molecule has 0 aliphatic carbocycles. The van der Waals surface area contributed by atoms with Crippen molar-refractivity contribution in [3.63, 3.8) is 0 Å². The Balaban J connectivity index is 5.53. The highest BCUT2D eigenvalue weighted by atomic mass is 16.4. The molecule has 6 unspecified atom stereocenters. The maximum absolute atomic E-state index is 12.9. The predicted molar refractivity (Wildman–Crippen MR) is 119 cm³/mol. The van der Waals surface area contributed by atoms with Gasteiger partial charge in [-0.2, -0.15) is 0 Å². The number of amides is 4. The number of aliphatic hydroxyl groups excluding tert-OH is 1. The number of nitrogens with one attached hydrogen (secondary N) is 3. The van der Waals surface area contributed by atoms with E-state index in [0.29, 0.717) is 25.8 Å². The fourth-order valence-corrected chi connectivity index (χ4v) is 2.86. The molecule has 0 rings (SSSR count). The van der Waals surface area contributed by atoms with Gasteiger partial charge in [0.05, 0.1) is 12.5 Å². The Bertz CT molecular complexity index is 688. The van der Waals surface area contributed by atoms with Crippen LogP contribution < -0.4 is 33.2 Å². The predicted octanol–water partition coefficient (Wildman–Crippen LogP) is -2.72. The lowest BCUT2D eigenvalue weighted by Gasteiger charge is -2.28. The van der Waals surface area contributed by atoms with Crippen molar-refractivity contribution in [2.75, 3.05) is 6.54 Å². The minimum absolute atomic E-state index is 0.109. The zero-order valence-electron chi connectivity index (χ0n) is 19.4. The van der Waals surface area contributed by atoms with Crippen LogP contribution in [0.15, 0.2) is 0 Å². The summed E-state index contributed by atoms with van der Waals surface area (Å²) in [5, 5.41) is 26.0. The molecule has 190 valence electrons. The van der Waals surface area contributed by atoms with Crippen molar-refractivity contribution in [1.29, 1.82) is 0 Å². The van der Waals surface area contributed by atoms with Gasteiger partial charge in [-0.15, -0.1) is 0 Å². The summed E-state index contributed by atoms with van der Waals surface area (Å²) in [5.41, 5.74) is 16.2. The van der Waals surface area contributed by atoms with Crippen LogP contribution in [0.3, 0.4) is 0 Å². The normalized spacial score (nSPS) is 16.4. The van der Waals surface area contributed by atoms with Gasteiger partial charge in [0.1, 0.15) is 24.2 Å². The van der Waals surface area contributed by atoms with E-state index in [-0.39, 0.29) is 6.42 Å². The van der Waals surface area contributed by atoms with Crippen molar-refractivity contribution in [2.24, 2.45) is 23.1 Å². The van der Waals surface area contributed by atoms with E-state index in [1.165, 1.54) is 6.92 Å². The van der Waals surface area contributed by atoms with E-state index in [1.807, 2.05) is 0 Å². The lowest BCUT2D eigenvalue weighted by molar-refractivity contribution is -0.142. The van der Waals surface area contributed by atoms with Crippen LogP contribution in [0.2, 0.25) is 0 Å². The number of primary amides is 1. The van der Waals surface area contributed by atoms with E-state index in [1.54, 1.807) is 13.8 Å². The zero-order chi connectivity index (χ0) is 25.7. The van der Waals surface area contributed by atoms with Crippen LogP contribution in [0.5, 0.6) is 0 Å². The highest BCUT2D eigenvalue weighted by Gasteiger charge is 2.33. The number of rotatable bonds is 16. The molecular weight excluding hydrogens is 436 g/mol. The second kappa shape index (κ2) is 15.1. The van der Waals surface area contributed by atoms with Gasteiger partial charge >= 0.3 is 5.97 Å². The van der Waals surface area contributed by atoms with Crippen LogP contribution in [0.25, 0.3) is 0 Å². The summed E-state index contributed by atoms with van der Waals surface area (Å²) in [4.78, 5) is 60.8. The number of aliphatic hydroxyl groups is 1. The smallest absolute Gasteiger partial charge is 0.326 e. The number of unbranched alkanes of at least 4 members (excludes halogenated alkanes) is 1. The number of carbonyl (C=O) groups excluding carboxylic acids is 4. The third-order valence-corrected chi connectivity index (χ3v) is 5.22. The van der Waals surface area contributed by atoms with Crippen molar-refractivity contribution in [2.45, 2.75) is 83.1 Å². The average Bonchev–Trinajstić information content (AvgIpc) is 2.74. The highest BCUT2D eigenvalue weighted by Crippen LogP contribution is 2.10. The first kappa shape index (κ1) is 30.2. The van der Waals surface area contributed by atoms with Crippen molar-refractivity contribution in [1.82, 2.24) is 16.0 Å². The molecule has 4 amide bonds. The number of carboxylic acid groups (broad SMARTS) is 1. The Kier molecular flexibility index (Phi) is 13.9. The van der Waals surface area contributed by atoms with Gasteiger partial charge in [-0.3, -0.25) is 19.2 Å². The lowest BCUT2D eigenvalue weighted by atomic mass is 9.97. The maximum Gasteiger partial charge on any atom is 0.326 e. The Morgan fingerprint density at radius 3 is 1.94 bits per heavy atom. The van der Waals surface area contributed by atoms with Crippen molar-refractivity contribution in [3.8, 4) is 0 Å². The summed E-state index contributed by atoms with van der Waals surface area (Å²) < 4.78 is 0. The fourth-order valence-electron chi connectivity index (χ4n) is 2.86. The third kappa shape index (κ3) is 11.1. The minimum Gasteiger partial charge on any atom is -0.480 e. The minimum atomic E-state index is -1.46. The van der Waals surface area contributed by atoms with Crippen molar-refractivity contribution >= 4 is 29.6 Å². The summed E-state index contributed by atoms with van der Waals surface area (Å²) in [6.45, 7) is 5.14. The molecule has 0 saturated heterocycles. The SMILES string of the molecule is CCC(C)C(NC(=O)C(N)C(C)O)C(=O)NC(CC(N)=O)C(=O)NC(CCCCN)C(=O)O. The number of nitrogens with two attached hydrogens (primary N) is 3. The maximum atomic E-state index is 12.9. The Morgan fingerprint density at radius 2 is 1.48 bits per heavy atom. The largest absolute Gasteiger partial charge is 0.480 e. The molecule has 0 aromatic rings. The topological polar surface area (TPSA) is 240 Å². The number of hydrogen-bond acceptors (Lipinski definition) is 8. The molecule has 0 fully saturated rings.